The Bertz CT molecular complexity index is 338. The molecule has 0 amide bonds. The smallest absolute Gasteiger partial charge is 0.329 e. The van der Waals surface area contributed by atoms with Crippen molar-refractivity contribution in [2.24, 2.45) is 17.1 Å². The third-order valence-electron chi connectivity index (χ3n) is 6.25. The van der Waals surface area contributed by atoms with Gasteiger partial charge in [0.05, 0.1) is 5.92 Å². The highest BCUT2D eigenvalue weighted by Crippen LogP contribution is 2.45. The molecule has 2 nitrogen and oxygen atoms in total. The van der Waals surface area contributed by atoms with Crippen molar-refractivity contribution in [1.29, 1.82) is 0 Å². The summed E-state index contributed by atoms with van der Waals surface area (Å²) in [5.74, 6) is -1.12. The minimum atomic E-state index is -4.04. The van der Waals surface area contributed by atoms with Crippen molar-refractivity contribution in [2.45, 2.75) is 70.5 Å². The van der Waals surface area contributed by atoms with E-state index in [-0.39, 0.29) is 18.4 Å². The minimum absolute atomic E-state index is 0.184. The number of nitrogens with two attached hydrogens (primary N) is 1. The first-order chi connectivity index (χ1) is 9.75. The van der Waals surface area contributed by atoms with E-state index in [0.717, 1.165) is 25.9 Å². The van der Waals surface area contributed by atoms with Crippen molar-refractivity contribution in [3.8, 4) is 0 Å². The Morgan fingerprint density at radius 3 is 2.00 bits per heavy atom. The van der Waals surface area contributed by atoms with E-state index in [2.05, 4.69) is 18.7 Å². The van der Waals surface area contributed by atoms with Crippen LogP contribution >= 0.6 is 0 Å². The van der Waals surface area contributed by atoms with Gasteiger partial charge in [-0.1, -0.05) is 20.3 Å². The molecule has 1 saturated carbocycles. The van der Waals surface area contributed by atoms with Crippen LogP contribution in [-0.4, -0.2) is 36.2 Å². The maximum atomic E-state index is 12.8. The van der Waals surface area contributed by atoms with Gasteiger partial charge in [0.1, 0.15) is 0 Å². The van der Waals surface area contributed by atoms with Gasteiger partial charge in [-0.3, -0.25) is 4.90 Å². The Hall–Kier alpha value is -0.290. The van der Waals surface area contributed by atoms with Gasteiger partial charge >= 0.3 is 6.18 Å². The Morgan fingerprint density at radius 1 is 1.10 bits per heavy atom. The summed E-state index contributed by atoms with van der Waals surface area (Å²) in [6, 6.07) is 0. The van der Waals surface area contributed by atoms with Crippen molar-refractivity contribution in [2.75, 3.05) is 19.6 Å². The molecule has 0 bridgehead atoms. The van der Waals surface area contributed by atoms with E-state index in [1.165, 1.54) is 6.42 Å². The van der Waals surface area contributed by atoms with Crippen LogP contribution in [0.3, 0.4) is 0 Å². The topological polar surface area (TPSA) is 29.3 Å². The predicted molar refractivity (Wildman–Crippen MR) is 79.0 cm³/mol. The fourth-order valence-electron chi connectivity index (χ4n) is 4.01. The second kappa shape index (κ2) is 6.07. The van der Waals surface area contributed by atoms with E-state index in [4.69, 9.17) is 5.73 Å². The number of likely N-dealkylation sites (tertiary alicyclic amines) is 1. The molecule has 0 aromatic heterocycles. The van der Waals surface area contributed by atoms with Gasteiger partial charge in [-0.2, -0.15) is 13.2 Å². The molecule has 1 heterocycles. The number of hydrogen-bond donors (Lipinski definition) is 1. The van der Waals surface area contributed by atoms with E-state index < -0.39 is 12.1 Å². The molecule has 0 aromatic carbocycles. The highest BCUT2D eigenvalue weighted by Gasteiger charge is 2.48. The van der Waals surface area contributed by atoms with E-state index in [9.17, 15) is 13.2 Å². The zero-order valence-corrected chi connectivity index (χ0v) is 13.3. The highest BCUT2D eigenvalue weighted by atomic mass is 19.4. The summed E-state index contributed by atoms with van der Waals surface area (Å²) in [7, 11) is 0. The van der Waals surface area contributed by atoms with Crippen LogP contribution in [0.1, 0.15) is 58.8 Å². The molecule has 2 fully saturated rings. The zero-order chi connectivity index (χ0) is 15.7. The number of alkyl halides is 3. The first-order valence-corrected chi connectivity index (χ1v) is 8.26. The lowest BCUT2D eigenvalue weighted by molar-refractivity contribution is -0.189. The van der Waals surface area contributed by atoms with Crippen LogP contribution in [0.15, 0.2) is 0 Å². The summed E-state index contributed by atoms with van der Waals surface area (Å²) in [5.41, 5.74) is 6.22. The second-order valence-corrected chi connectivity index (χ2v) is 7.40. The van der Waals surface area contributed by atoms with Gasteiger partial charge < -0.3 is 5.73 Å². The van der Waals surface area contributed by atoms with Crippen molar-refractivity contribution >= 4 is 0 Å². The molecule has 21 heavy (non-hydrogen) atoms. The molecule has 2 N–H and O–H groups in total. The predicted octanol–water partition coefficient (Wildman–Crippen LogP) is 3.95. The third kappa shape index (κ3) is 3.55. The van der Waals surface area contributed by atoms with E-state index >= 15 is 0 Å². The van der Waals surface area contributed by atoms with E-state index in [1.807, 2.05) is 0 Å². The van der Waals surface area contributed by atoms with Crippen LogP contribution in [-0.2, 0) is 0 Å². The van der Waals surface area contributed by atoms with Crippen LogP contribution in [0.25, 0.3) is 0 Å². The summed E-state index contributed by atoms with van der Waals surface area (Å²) in [6.45, 7) is 7.00. The van der Waals surface area contributed by atoms with Gasteiger partial charge in [-0.15, -0.1) is 0 Å². The van der Waals surface area contributed by atoms with Gasteiger partial charge in [0.2, 0.25) is 0 Å². The van der Waals surface area contributed by atoms with Crippen LogP contribution in [0, 0.1) is 11.3 Å². The average molecular weight is 306 g/mol. The molecule has 2 rings (SSSR count). The molecule has 0 aromatic rings. The Balaban J connectivity index is 1.98. The summed E-state index contributed by atoms with van der Waals surface area (Å²) in [4.78, 5) is 2.40. The SMILES string of the molecule is CCC1(C)CCN(C2(CN)CCC(C(F)(F)F)CC2)CC1. The summed E-state index contributed by atoms with van der Waals surface area (Å²) < 4.78 is 38.5. The van der Waals surface area contributed by atoms with Gasteiger partial charge in [0.15, 0.2) is 0 Å². The largest absolute Gasteiger partial charge is 0.391 e. The molecule has 5 heteroatoms. The summed E-state index contributed by atoms with van der Waals surface area (Å²) >= 11 is 0. The monoisotopic (exact) mass is 306 g/mol. The number of hydrogen-bond acceptors (Lipinski definition) is 2. The van der Waals surface area contributed by atoms with E-state index in [0.29, 0.717) is 24.8 Å². The molecule has 1 saturated heterocycles. The molecule has 0 atom stereocenters. The number of rotatable bonds is 3. The number of halogens is 3. The van der Waals surface area contributed by atoms with Crippen LogP contribution < -0.4 is 5.73 Å². The number of piperidine rings is 1. The molecule has 124 valence electrons. The normalized spacial score (nSPS) is 34.9. The Morgan fingerprint density at radius 2 is 1.62 bits per heavy atom. The molecule has 0 unspecified atom stereocenters. The number of nitrogens with zero attached hydrogens (tertiary/aromatic N) is 1. The molecule has 0 radical (unpaired) electrons. The summed E-state index contributed by atoms with van der Waals surface area (Å²) in [6.07, 6.45) is 1.06. The molecular formula is C16H29F3N2. The standard InChI is InChI=1S/C16H29F3N2/c1-3-14(2)8-10-21(11-9-14)15(12-20)6-4-13(5-7-15)16(17,18)19/h13H,3-12,20H2,1-2H3. The molecule has 2 aliphatic rings. The zero-order valence-electron chi connectivity index (χ0n) is 13.3. The van der Waals surface area contributed by atoms with Crippen molar-refractivity contribution < 1.29 is 13.2 Å². The minimum Gasteiger partial charge on any atom is -0.329 e. The average Bonchev–Trinajstić information content (AvgIpc) is 2.47. The van der Waals surface area contributed by atoms with E-state index in [1.54, 1.807) is 0 Å². The Labute approximate surface area is 126 Å². The van der Waals surface area contributed by atoms with Crippen LogP contribution in [0.2, 0.25) is 0 Å². The molecule has 1 aliphatic carbocycles. The lowest BCUT2D eigenvalue weighted by Crippen LogP contribution is -2.59. The summed E-state index contributed by atoms with van der Waals surface area (Å²) in [5, 5.41) is 0. The van der Waals surface area contributed by atoms with Crippen LogP contribution in [0.5, 0.6) is 0 Å². The van der Waals surface area contributed by atoms with Gasteiger partial charge in [0.25, 0.3) is 0 Å². The highest BCUT2D eigenvalue weighted by molar-refractivity contribution is 4.99. The van der Waals surface area contributed by atoms with Gasteiger partial charge in [-0.05, 0) is 57.0 Å². The first kappa shape index (κ1) is 17.1. The quantitative estimate of drug-likeness (QED) is 0.855. The van der Waals surface area contributed by atoms with Gasteiger partial charge in [0, 0.05) is 12.1 Å². The van der Waals surface area contributed by atoms with Crippen molar-refractivity contribution in [3.63, 3.8) is 0 Å². The molecular weight excluding hydrogens is 277 g/mol. The molecule has 1 aliphatic heterocycles. The Kier molecular flexibility index (Phi) is 4.94. The fraction of sp³-hybridized carbons (Fsp3) is 1.00. The maximum Gasteiger partial charge on any atom is 0.391 e. The van der Waals surface area contributed by atoms with Crippen molar-refractivity contribution in [1.82, 2.24) is 4.90 Å². The first-order valence-electron chi connectivity index (χ1n) is 8.26. The van der Waals surface area contributed by atoms with Crippen LogP contribution in [0.4, 0.5) is 13.2 Å². The van der Waals surface area contributed by atoms with Crippen molar-refractivity contribution in [3.05, 3.63) is 0 Å². The third-order valence-corrected chi connectivity index (χ3v) is 6.25. The maximum absolute atomic E-state index is 12.8. The molecule has 0 spiro atoms. The van der Waals surface area contributed by atoms with Gasteiger partial charge in [-0.25, -0.2) is 0 Å². The second-order valence-electron chi connectivity index (χ2n) is 7.40. The lowest BCUT2D eigenvalue weighted by atomic mass is 9.72. The fourth-order valence-corrected chi connectivity index (χ4v) is 4.01. The lowest BCUT2D eigenvalue weighted by Gasteiger charge is -2.52.